The van der Waals surface area contributed by atoms with E-state index in [4.69, 9.17) is 0 Å². The topological polar surface area (TPSA) is 44.4 Å². The van der Waals surface area contributed by atoms with Crippen molar-refractivity contribution in [2.24, 2.45) is 5.92 Å². The predicted octanol–water partition coefficient (Wildman–Crippen LogP) is 2.01. The first-order valence-electron chi connectivity index (χ1n) is 6.30. The molecule has 1 amide bonds. The Hall–Kier alpha value is -0.980. The first-order valence-corrected chi connectivity index (χ1v) is 7.38. The Kier molecular flexibility index (Phi) is 3.32. The van der Waals surface area contributed by atoms with Crippen molar-refractivity contribution in [1.29, 1.82) is 0 Å². The van der Waals surface area contributed by atoms with E-state index >= 15 is 0 Å². The molecule has 1 saturated carbocycles. The van der Waals surface area contributed by atoms with Crippen molar-refractivity contribution in [3.8, 4) is 0 Å². The normalized spacial score (nSPS) is 17.3. The van der Waals surface area contributed by atoms with E-state index < -0.39 is 0 Å². The molecule has 1 aliphatic carbocycles. The van der Waals surface area contributed by atoms with E-state index in [1.54, 1.807) is 0 Å². The van der Waals surface area contributed by atoms with E-state index in [0.717, 1.165) is 32.6 Å². The van der Waals surface area contributed by atoms with Crippen LogP contribution in [0.25, 0.3) is 0 Å². The van der Waals surface area contributed by atoms with Crippen LogP contribution in [0.15, 0.2) is 18.2 Å². The van der Waals surface area contributed by atoms with E-state index in [2.05, 4.69) is 56.3 Å². The lowest BCUT2D eigenvalue weighted by molar-refractivity contribution is -0.122. The molecule has 1 aromatic rings. The van der Waals surface area contributed by atoms with E-state index in [9.17, 15) is 4.79 Å². The average Bonchev–Trinajstić information content (AvgIpc) is 3.13. The van der Waals surface area contributed by atoms with Crippen molar-refractivity contribution < 1.29 is 4.79 Å². The standard InChI is InChI=1S/C13H16IN3O/c14-10-3-4-11-12(7-10)17(8-16-11)6-5-15-13(18)9-1-2-9/h3-4,7,9,16H,1-2,5-6,8H2,(H,15,18). The molecule has 2 N–H and O–H groups in total. The molecule has 2 aliphatic rings. The zero-order valence-electron chi connectivity index (χ0n) is 10.1. The van der Waals surface area contributed by atoms with E-state index in [1.807, 2.05) is 0 Å². The van der Waals surface area contributed by atoms with Gasteiger partial charge in [0.1, 0.15) is 0 Å². The summed E-state index contributed by atoms with van der Waals surface area (Å²) in [6.07, 6.45) is 2.14. The minimum Gasteiger partial charge on any atom is -0.366 e. The van der Waals surface area contributed by atoms with Crippen molar-refractivity contribution in [2.45, 2.75) is 12.8 Å². The van der Waals surface area contributed by atoms with Crippen molar-refractivity contribution in [3.05, 3.63) is 21.8 Å². The number of fused-ring (bicyclic) bond motifs is 1. The van der Waals surface area contributed by atoms with E-state index in [1.165, 1.54) is 14.9 Å². The molecule has 0 saturated heterocycles. The molecule has 0 spiro atoms. The lowest BCUT2D eigenvalue weighted by Crippen LogP contribution is -2.35. The minimum absolute atomic E-state index is 0.227. The van der Waals surface area contributed by atoms with Gasteiger partial charge in [-0.1, -0.05) is 0 Å². The number of amides is 1. The molecule has 4 nitrogen and oxygen atoms in total. The Bertz CT molecular complexity index is 473. The maximum absolute atomic E-state index is 11.5. The third-order valence-corrected chi connectivity index (χ3v) is 4.06. The number of rotatable bonds is 4. The number of benzene rings is 1. The van der Waals surface area contributed by atoms with Crippen LogP contribution >= 0.6 is 22.6 Å². The largest absolute Gasteiger partial charge is 0.366 e. The maximum Gasteiger partial charge on any atom is 0.223 e. The number of anilines is 2. The molecule has 1 aromatic carbocycles. The van der Waals surface area contributed by atoms with Gasteiger partial charge < -0.3 is 15.5 Å². The summed E-state index contributed by atoms with van der Waals surface area (Å²) in [5.74, 6) is 0.528. The zero-order valence-corrected chi connectivity index (χ0v) is 12.2. The van der Waals surface area contributed by atoms with E-state index in [-0.39, 0.29) is 5.91 Å². The molecule has 0 atom stereocenters. The summed E-state index contributed by atoms with van der Waals surface area (Å²) in [6, 6.07) is 6.39. The van der Waals surface area contributed by atoms with Gasteiger partial charge in [-0.3, -0.25) is 4.79 Å². The van der Waals surface area contributed by atoms with Crippen LogP contribution < -0.4 is 15.5 Å². The van der Waals surface area contributed by atoms with Crippen LogP contribution in [-0.4, -0.2) is 25.7 Å². The number of carbonyl (C=O) groups is 1. The summed E-state index contributed by atoms with van der Waals surface area (Å²) in [7, 11) is 0. The molecule has 5 heteroatoms. The Morgan fingerprint density at radius 2 is 2.33 bits per heavy atom. The summed E-state index contributed by atoms with van der Waals surface area (Å²) < 4.78 is 1.24. The molecule has 18 heavy (non-hydrogen) atoms. The second-order valence-corrected chi connectivity index (χ2v) is 6.07. The minimum atomic E-state index is 0.227. The molecule has 0 radical (unpaired) electrons. The van der Waals surface area contributed by atoms with Gasteiger partial charge >= 0.3 is 0 Å². The molecular formula is C13H16IN3O. The lowest BCUT2D eigenvalue weighted by atomic mass is 10.2. The molecule has 96 valence electrons. The zero-order chi connectivity index (χ0) is 12.5. The van der Waals surface area contributed by atoms with Crippen LogP contribution in [0, 0.1) is 9.49 Å². The smallest absolute Gasteiger partial charge is 0.223 e. The molecule has 3 rings (SSSR count). The number of nitrogens with zero attached hydrogens (tertiary/aromatic N) is 1. The van der Waals surface area contributed by atoms with Gasteiger partial charge in [0.2, 0.25) is 5.91 Å². The van der Waals surface area contributed by atoms with Crippen LogP contribution in [0.5, 0.6) is 0 Å². The van der Waals surface area contributed by atoms with Gasteiger partial charge in [0.05, 0.1) is 18.0 Å². The van der Waals surface area contributed by atoms with Crippen LogP contribution in [0.2, 0.25) is 0 Å². The second kappa shape index (κ2) is 4.95. The highest BCUT2D eigenvalue weighted by molar-refractivity contribution is 14.1. The first-order chi connectivity index (χ1) is 8.74. The third kappa shape index (κ3) is 2.55. The summed E-state index contributed by atoms with van der Waals surface area (Å²) >= 11 is 2.32. The maximum atomic E-state index is 11.5. The van der Waals surface area contributed by atoms with Gasteiger partial charge in [-0.2, -0.15) is 0 Å². The highest BCUT2D eigenvalue weighted by Gasteiger charge is 2.29. The Morgan fingerprint density at radius 3 is 3.11 bits per heavy atom. The molecule has 1 fully saturated rings. The van der Waals surface area contributed by atoms with Gasteiger partial charge in [-0.15, -0.1) is 0 Å². The van der Waals surface area contributed by atoms with Gasteiger partial charge in [0, 0.05) is 22.6 Å². The average molecular weight is 357 g/mol. The molecule has 0 aromatic heterocycles. The number of carbonyl (C=O) groups excluding carboxylic acids is 1. The summed E-state index contributed by atoms with van der Waals surface area (Å²) in [6.45, 7) is 2.41. The van der Waals surface area contributed by atoms with Gasteiger partial charge in [0.25, 0.3) is 0 Å². The van der Waals surface area contributed by atoms with Crippen molar-refractivity contribution in [3.63, 3.8) is 0 Å². The van der Waals surface area contributed by atoms with Crippen molar-refractivity contribution in [1.82, 2.24) is 5.32 Å². The summed E-state index contributed by atoms with van der Waals surface area (Å²) in [5.41, 5.74) is 2.42. The summed E-state index contributed by atoms with van der Waals surface area (Å²) in [4.78, 5) is 13.8. The Balaban J connectivity index is 1.55. The first kappa shape index (κ1) is 12.1. The molecule has 1 aliphatic heterocycles. The highest BCUT2D eigenvalue weighted by atomic mass is 127. The molecule has 0 unspecified atom stereocenters. The lowest BCUT2D eigenvalue weighted by Gasteiger charge is -2.18. The number of hydrogen-bond acceptors (Lipinski definition) is 3. The van der Waals surface area contributed by atoms with Crippen LogP contribution in [0.3, 0.4) is 0 Å². The summed E-state index contributed by atoms with van der Waals surface area (Å²) in [5, 5.41) is 6.37. The molecular weight excluding hydrogens is 341 g/mol. The van der Waals surface area contributed by atoms with Gasteiger partial charge in [-0.05, 0) is 53.6 Å². The highest BCUT2D eigenvalue weighted by Crippen LogP contribution is 2.32. The second-order valence-electron chi connectivity index (χ2n) is 4.83. The SMILES string of the molecule is O=C(NCCN1CNc2ccc(I)cc21)C1CC1. The molecule has 1 heterocycles. The molecule has 0 bridgehead atoms. The predicted molar refractivity (Wildman–Crippen MR) is 80.7 cm³/mol. The fourth-order valence-electron chi connectivity index (χ4n) is 2.19. The van der Waals surface area contributed by atoms with Crippen molar-refractivity contribution in [2.75, 3.05) is 30.0 Å². The van der Waals surface area contributed by atoms with Crippen molar-refractivity contribution >= 4 is 39.9 Å². The van der Waals surface area contributed by atoms with E-state index in [0.29, 0.717) is 5.92 Å². The third-order valence-electron chi connectivity index (χ3n) is 3.39. The van der Waals surface area contributed by atoms with Gasteiger partial charge in [-0.25, -0.2) is 0 Å². The fraction of sp³-hybridized carbons (Fsp3) is 0.462. The Labute approximate surface area is 120 Å². The van der Waals surface area contributed by atoms with Gasteiger partial charge in [0.15, 0.2) is 0 Å². The number of nitrogens with one attached hydrogen (secondary N) is 2. The number of halogens is 1. The fourth-order valence-corrected chi connectivity index (χ4v) is 2.66. The number of hydrogen-bond donors (Lipinski definition) is 2. The quantitative estimate of drug-likeness (QED) is 0.811. The van der Waals surface area contributed by atoms with Crippen LogP contribution in [-0.2, 0) is 4.79 Å². The van der Waals surface area contributed by atoms with Crippen LogP contribution in [0.1, 0.15) is 12.8 Å². The Morgan fingerprint density at radius 1 is 1.50 bits per heavy atom. The monoisotopic (exact) mass is 357 g/mol. The van der Waals surface area contributed by atoms with Crippen LogP contribution in [0.4, 0.5) is 11.4 Å².